The Kier molecular flexibility index (Phi) is 5.39. The second-order valence-corrected chi connectivity index (χ2v) is 6.65. The summed E-state index contributed by atoms with van der Waals surface area (Å²) in [6.45, 7) is 12.3. The number of rotatable bonds is 3. The van der Waals surface area contributed by atoms with Gasteiger partial charge < -0.3 is 14.7 Å². The Morgan fingerprint density at radius 3 is 2.53 bits per heavy atom. The number of hydrogen-bond donors (Lipinski definition) is 1. The maximum atomic E-state index is 12.1. The average Bonchev–Trinajstić information content (AvgIpc) is 2.48. The van der Waals surface area contributed by atoms with E-state index in [0.29, 0.717) is 12.8 Å². The van der Waals surface area contributed by atoms with Crippen LogP contribution in [0.3, 0.4) is 0 Å². The monoisotopic (exact) mass is 271 g/mol. The Bertz CT molecular complexity index is 311. The van der Waals surface area contributed by atoms with Crippen molar-refractivity contribution in [1.29, 1.82) is 0 Å². The van der Waals surface area contributed by atoms with Crippen molar-refractivity contribution in [3.05, 3.63) is 0 Å². The first-order valence-corrected chi connectivity index (χ1v) is 7.35. The third-order valence-corrected chi connectivity index (χ3v) is 3.96. The Morgan fingerprint density at radius 2 is 2.00 bits per heavy atom. The van der Waals surface area contributed by atoms with E-state index in [0.717, 1.165) is 26.1 Å². The molecule has 2 unspecified atom stereocenters. The second-order valence-electron chi connectivity index (χ2n) is 6.65. The highest BCUT2D eigenvalue weighted by atomic mass is 16.6. The minimum Gasteiger partial charge on any atom is -0.460 e. The Balaban J connectivity index is 2.68. The van der Waals surface area contributed by atoms with Gasteiger partial charge >= 0.3 is 5.97 Å². The quantitative estimate of drug-likeness (QED) is 0.800. The van der Waals surface area contributed by atoms with Crippen molar-refractivity contribution >= 4 is 5.97 Å². The van der Waals surface area contributed by atoms with E-state index >= 15 is 0 Å². The number of carbonyl (C=O) groups is 1. The van der Waals surface area contributed by atoms with Gasteiger partial charge in [-0.05, 0) is 60.0 Å². The maximum absolute atomic E-state index is 12.1. The highest BCUT2D eigenvalue weighted by Crippen LogP contribution is 2.31. The summed E-state index contributed by atoms with van der Waals surface area (Å²) >= 11 is 0. The smallest absolute Gasteiger partial charge is 0.312 e. The van der Waals surface area contributed by atoms with Crippen LogP contribution in [-0.2, 0) is 9.53 Å². The Morgan fingerprint density at radius 1 is 1.37 bits per heavy atom. The largest absolute Gasteiger partial charge is 0.460 e. The fourth-order valence-electron chi connectivity index (χ4n) is 2.56. The topological polar surface area (TPSA) is 49.8 Å². The van der Waals surface area contributed by atoms with Crippen molar-refractivity contribution in [3.8, 4) is 0 Å². The van der Waals surface area contributed by atoms with Crippen LogP contribution < -0.4 is 0 Å². The summed E-state index contributed by atoms with van der Waals surface area (Å²) in [6.07, 6.45) is 2.24. The highest BCUT2D eigenvalue weighted by molar-refractivity contribution is 5.73. The molecular formula is C15H29NO3. The zero-order chi connectivity index (χ0) is 14.7. The lowest BCUT2D eigenvalue weighted by molar-refractivity contribution is -0.169. The molecule has 1 heterocycles. The molecule has 1 fully saturated rings. The van der Waals surface area contributed by atoms with Crippen molar-refractivity contribution in [3.63, 3.8) is 0 Å². The fraction of sp³-hybridized carbons (Fsp3) is 0.933. The molecule has 0 amide bonds. The normalized spacial score (nSPS) is 27.7. The van der Waals surface area contributed by atoms with E-state index in [4.69, 9.17) is 4.74 Å². The summed E-state index contributed by atoms with van der Waals surface area (Å²) in [5, 5.41) is 10.8. The molecule has 0 saturated carbocycles. The third kappa shape index (κ3) is 4.77. The van der Waals surface area contributed by atoms with Crippen LogP contribution in [0.1, 0.15) is 53.9 Å². The van der Waals surface area contributed by atoms with Gasteiger partial charge in [-0.25, -0.2) is 0 Å². The molecule has 1 saturated heterocycles. The summed E-state index contributed by atoms with van der Waals surface area (Å²) in [5.74, 6) is -0.761. The minimum atomic E-state index is -0.924. The lowest BCUT2D eigenvalue weighted by Gasteiger charge is -2.33. The van der Waals surface area contributed by atoms with Crippen LogP contribution in [0.25, 0.3) is 0 Å². The van der Waals surface area contributed by atoms with Crippen LogP contribution >= 0.6 is 0 Å². The van der Waals surface area contributed by atoms with E-state index in [2.05, 4.69) is 11.8 Å². The Hall–Kier alpha value is -0.610. The predicted octanol–water partition coefficient (Wildman–Crippen LogP) is 2.20. The van der Waals surface area contributed by atoms with Gasteiger partial charge in [-0.2, -0.15) is 0 Å². The van der Waals surface area contributed by atoms with Crippen LogP contribution in [0.2, 0.25) is 0 Å². The molecule has 4 heteroatoms. The summed E-state index contributed by atoms with van der Waals surface area (Å²) < 4.78 is 5.40. The summed E-state index contributed by atoms with van der Waals surface area (Å²) in [7, 11) is 0. The molecule has 19 heavy (non-hydrogen) atoms. The molecule has 0 bridgehead atoms. The number of carbonyl (C=O) groups excluding carboxylic acids is 1. The number of esters is 1. The van der Waals surface area contributed by atoms with Crippen LogP contribution in [0.5, 0.6) is 0 Å². The van der Waals surface area contributed by atoms with Crippen LogP contribution in [-0.4, -0.2) is 46.8 Å². The van der Waals surface area contributed by atoms with Gasteiger partial charge in [-0.3, -0.25) is 4.79 Å². The number of nitrogens with zero attached hydrogens (tertiary/aromatic N) is 1. The molecule has 0 aromatic heterocycles. The summed E-state index contributed by atoms with van der Waals surface area (Å²) in [4.78, 5) is 14.4. The molecule has 4 nitrogen and oxygen atoms in total. The molecule has 1 aliphatic heterocycles. The summed E-state index contributed by atoms with van der Waals surface area (Å²) in [5.41, 5.74) is -1.42. The van der Waals surface area contributed by atoms with Crippen molar-refractivity contribution < 1.29 is 14.6 Å². The van der Waals surface area contributed by atoms with E-state index in [1.807, 2.05) is 20.8 Å². The van der Waals surface area contributed by atoms with Gasteiger partial charge in [0.15, 0.2) is 0 Å². The predicted molar refractivity (Wildman–Crippen MR) is 75.9 cm³/mol. The minimum absolute atomic E-state index is 0.292. The molecule has 0 aliphatic carbocycles. The molecule has 2 atom stereocenters. The summed E-state index contributed by atoms with van der Waals surface area (Å²) in [6, 6.07) is 0. The third-order valence-electron chi connectivity index (χ3n) is 3.96. The molecule has 1 rings (SSSR count). The molecule has 0 spiro atoms. The van der Waals surface area contributed by atoms with Gasteiger partial charge in [0.1, 0.15) is 5.60 Å². The maximum Gasteiger partial charge on any atom is 0.312 e. The first-order valence-electron chi connectivity index (χ1n) is 7.35. The van der Waals surface area contributed by atoms with Gasteiger partial charge in [0.05, 0.1) is 11.5 Å². The second kappa shape index (κ2) is 6.23. The van der Waals surface area contributed by atoms with Crippen molar-refractivity contribution in [2.24, 2.45) is 5.92 Å². The Labute approximate surface area is 117 Å². The van der Waals surface area contributed by atoms with Crippen LogP contribution in [0.4, 0.5) is 0 Å². The van der Waals surface area contributed by atoms with Gasteiger partial charge in [0.25, 0.3) is 0 Å². The van der Waals surface area contributed by atoms with Crippen molar-refractivity contribution in [2.75, 3.05) is 19.6 Å². The lowest BCUT2D eigenvalue weighted by atomic mass is 9.82. The van der Waals surface area contributed by atoms with E-state index in [1.54, 1.807) is 6.92 Å². The van der Waals surface area contributed by atoms with Crippen LogP contribution in [0.15, 0.2) is 0 Å². The standard InChI is InChI=1S/C15H29NO3/c1-6-16-10-7-8-15(18,9-11-16)12(2)13(17)19-14(3,4)5/h12,18H,6-11H2,1-5H3. The molecule has 1 aliphatic rings. The SMILES string of the molecule is CCN1CCCC(O)(C(C)C(=O)OC(C)(C)C)CC1. The molecule has 0 radical (unpaired) electrons. The first-order chi connectivity index (χ1) is 8.68. The molecular weight excluding hydrogens is 242 g/mol. The zero-order valence-electron chi connectivity index (χ0n) is 13.0. The van der Waals surface area contributed by atoms with Gasteiger partial charge in [-0.15, -0.1) is 0 Å². The fourth-order valence-corrected chi connectivity index (χ4v) is 2.56. The number of ether oxygens (including phenoxy) is 1. The van der Waals surface area contributed by atoms with E-state index < -0.39 is 17.1 Å². The molecule has 0 aromatic carbocycles. The van der Waals surface area contributed by atoms with Crippen molar-refractivity contribution in [2.45, 2.75) is 65.1 Å². The number of aliphatic hydroxyl groups is 1. The zero-order valence-corrected chi connectivity index (χ0v) is 13.0. The van der Waals surface area contributed by atoms with Gasteiger partial charge in [-0.1, -0.05) is 6.92 Å². The van der Waals surface area contributed by atoms with Crippen molar-refractivity contribution in [1.82, 2.24) is 4.90 Å². The highest BCUT2D eigenvalue weighted by Gasteiger charge is 2.41. The molecule has 0 aromatic rings. The number of hydrogen-bond acceptors (Lipinski definition) is 4. The number of likely N-dealkylation sites (tertiary alicyclic amines) is 1. The first kappa shape index (κ1) is 16.4. The molecule has 1 N–H and O–H groups in total. The van der Waals surface area contributed by atoms with E-state index in [9.17, 15) is 9.90 Å². The average molecular weight is 271 g/mol. The molecule has 112 valence electrons. The van der Waals surface area contributed by atoms with Gasteiger partial charge in [0.2, 0.25) is 0 Å². The van der Waals surface area contributed by atoms with Crippen LogP contribution in [0, 0.1) is 5.92 Å². The van der Waals surface area contributed by atoms with E-state index in [1.165, 1.54) is 0 Å². The van der Waals surface area contributed by atoms with Gasteiger partial charge in [0, 0.05) is 6.54 Å². The lowest BCUT2D eigenvalue weighted by Crippen LogP contribution is -2.44. The van der Waals surface area contributed by atoms with E-state index in [-0.39, 0.29) is 5.97 Å².